The van der Waals surface area contributed by atoms with E-state index >= 15 is 0 Å². The van der Waals surface area contributed by atoms with Crippen LogP contribution in [0, 0.1) is 18.3 Å². The highest BCUT2D eigenvalue weighted by Gasteiger charge is 2.24. The molecule has 1 atom stereocenters. The summed E-state index contributed by atoms with van der Waals surface area (Å²) in [6.45, 7) is 4.81. The number of aliphatic hydroxyl groups is 1. The number of hydrogen-bond acceptors (Lipinski definition) is 6. The Kier molecular flexibility index (Phi) is 5.43. The van der Waals surface area contributed by atoms with Crippen LogP contribution in [-0.4, -0.2) is 51.6 Å². The van der Waals surface area contributed by atoms with Gasteiger partial charge >= 0.3 is 0 Å². The molecule has 148 valence electrons. The molecule has 0 bridgehead atoms. The minimum Gasteiger partial charge on any atom is -0.507 e. The van der Waals surface area contributed by atoms with Crippen LogP contribution in [0.1, 0.15) is 35.4 Å². The molecule has 1 aliphatic heterocycles. The standard InChI is InChI=1S/C23H24N4O2/c1-15-18-5-2-6-19(17-4-3-9-27(14-17)10-11-28)23(18)26-25-22(15)20-8-7-16(13-24)12-21(20)29/h2,5-8,12,17,28-29H,3-4,9-11,14H2,1H3. The van der Waals surface area contributed by atoms with Crippen molar-refractivity contribution in [3.05, 3.63) is 53.1 Å². The van der Waals surface area contributed by atoms with Crippen molar-refractivity contribution in [2.45, 2.75) is 25.7 Å². The largest absolute Gasteiger partial charge is 0.507 e. The van der Waals surface area contributed by atoms with Crippen molar-refractivity contribution >= 4 is 10.9 Å². The van der Waals surface area contributed by atoms with Crippen LogP contribution in [0.4, 0.5) is 0 Å². The number of nitriles is 1. The molecule has 6 heteroatoms. The van der Waals surface area contributed by atoms with Crippen molar-refractivity contribution in [1.82, 2.24) is 15.1 Å². The Hall–Kier alpha value is -3.01. The number of aromatic hydroxyl groups is 1. The van der Waals surface area contributed by atoms with Crippen LogP contribution in [-0.2, 0) is 0 Å². The Balaban J connectivity index is 1.76. The molecule has 1 aromatic heterocycles. The average Bonchev–Trinajstić information content (AvgIpc) is 2.74. The highest BCUT2D eigenvalue weighted by atomic mass is 16.3. The Morgan fingerprint density at radius 1 is 1.24 bits per heavy atom. The Bertz CT molecular complexity index is 1090. The van der Waals surface area contributed by atoms with E-state index < -0.39 is 0 Å². The van der Waals surface area contributed by atoms with E-state index in [9.17, 15) is 10.2 Å². The molecule has 0 aliphatic carbocycles. The highest BCUT2D eigenvalue weighted by Crippen LogP contribution is 2.36. The van der Waals surface area contributed by atoms with E-state index in [0.29, 0.717) is 29.3 Å². The van der Waals surface area contributed by atoms with Crippen LogP contribution < -0.4 is 0 Å². The summed E-state index contributed by atoms with van der Waals surface area (Å²) in [5.74, 6) is 0.394. The first-order valence-corrected chi connectivity index (χ1v) is 9.95. The third kappa shape index (κ3) is 3.67. The number of aryl methyl sites for hydroxylation is 1. The quantitative estimate of drug-likeness (QED) is 0.712. The molecule has 6 nitrogen and oxygen atoms in total. The van der Waals surface area contributed by atoms with Gasteiger partial charge in [0.05, 0.1) is 23.8 Å². The van der Waals surface area contributed by atoms with Crippen LogP contribution in [0.2, 0.25) is 0 Å². The minimum atomic E-state index is 0.0314. The second kappa shape index (κ2) is 8.16. The van der Waals surface area contributed by atoms with Crippen molar-refractivity contribution in [3.63, 3.8) is 0 Å². The maximum absolute atomic E-state index is 10.4. The van der Waals surface area contributed by atoms with Gasteiger partial charge in [0.25, 0.3) is 0 Å². The second-order valence-corrected chi connectivity index (χ2v) is 7.62. The summed E-state index contributed by atoms with van der Waals surface area (Å²) in [5.41, 5.74) is 4.66. The monoisotopic (exact) mass is 388 g/mol. The molecule has 0 saturated carbocycles. The first kappa shape index (κ1) is 19.3. The molecule has 1 saturated heterocycles. The fraction of sp³-hybridized carbons (Fsp3) is 0.348. The van der Waals surface area contributed by atoms with Crippen molar-refractivity contribution in [2.75, 3.05) is 26.2 Å². The summed E-state index contributed by atoms with van der Waals surface area (Å²) >= 11 is 0. The predicted octanol–water partition coefficient (Wildman–Crippen LogP) is 3.35. The van der Waals surface area contributed by atoms with E-state index in [0.717, 1.165) is 42.4 Å². The number of rotatable bonds is 4. The van der Waals surface area contributed by atoms with Crippen molar-refractivity contribution in [1.29, 1.82) is 5.26 Å². The Labute approximate surface area is 170 Å². The predicted molar refractivity (Wildman–Crippen MR) is 112 cm³/mol. The fourth-order valence-corrected chi connectivity index (χ4v) is 4.32. The minimum absolute atomic E-state index is 0.0314. The number of phenolic OH excluding ortho intramolecular Hbond substituents is 1. The lowest BCUT2D eigenvalue weighted by Crippen LogP contribution is -2.36. The Morgan fingerprint density at radius 3 is 2.86 bits per heavy atom. The lowest BCUT2D eigenvalue weighted by Gasteiger charge is -2.32. The Morgan fingerprint density at radius 2 is 2.10 bits per heavy atom. The van der Waals surface area contributed by atoms with Crippen LogP contribution >= 0.6 is 0 Å². The molecule has 0 spiro atoms. The normalized spacial score (nSPS) is 17.3. The van der Waals surface area contributed by atoms with E-state index in [2.05, 4.69) is 27.2 Å². The van der Waals surface area contributed by atoms with Gasteiger partial charge in [0.2, 0.25) is 0 Å². The third-order valence-corrected chi connectivity index (χ3v) is 5.82. The van der Waals surface area contributed by atoms with Gasteiger partial charge in [-0.3, -0.25) is 0 Å². The molecule has 1 aliphatic rings. The van der Waals surface area contributed by atoms with Crippen molar-refractivity contribution in [3.8, 4) is 23.1 Å². The molecule has 4 rings (SSSR count). The highest BCUT2D eigenvalue weighted by molar-refractivity contribution is 5.89. The van der Waals surface area contributed by atoms with Crippen LogP contribution in [0.15, 0.2) is 36.4 Å². The number of β-amino-alcohol motifs (C(OH)–C–C–N with tert-alkyl or cyclic N) is 1. The van der Waals surface area contributed by atoms with E-state index in [-0.39, 0.29) is 12.4 Å². The number of piperidine rings is 1. The molecule has 0 amide bonds. The zero-order valence-electron chi connectivity index (χ0n) is 16.5. The number of fused-ring (bicyclic) bond motifs is 1. The summed E-state index contributed by atoms with van der Waals surface area (Å²) < 4.78 is 0. The average molecular weight is 388 g/mol. The summed E-state index contributed by atoms with van der Waals surface area (Å²) in [6, 6.07) is 13.1. The van der Waals surface area contributed by atoms with E-state index in [1.165, 1.54) is 11.6 Å². The lowest BCUT2D eigenvalue weighted by molar-refractivity contribution is 0.161. The summed E-state index contributed by atoms with van der Waals surface area (Å²) in [4.78, 5) is 2.30. The van der Waals surface area contributed by atoms with Crippen LogP contribution in [0.25, 0.3) is 22.2 Å². The van der Waals surface area contributed by atoms with Gasteiger partial charge in [-0.1, -0.05) is 18.2 Å². The van der Waals surface area contributed by atoms with Crippen LogP contribution in [0.5, 0.6) is 5.75 Å². The van der Waals surface area contributed by atoms with Crippen molar-refractivity contribution in [2.24, 2.45) is 0 Å². The molecule has 3 aromatic rings. The van der Waals surface area contributed by atoms with E-state index in [1.54, 1.807) is 12.1 Å². The molecule has 29 heavy (non-hydrogen) atoms. The zero-order valence-corrected chi connectivity index (χ0v) is 16.5. The molecule has 2 aromatic carbocycles. The number of aliphatic hydroxyl groups excluding tert-OH is 1. The number of phenols is 1. The van der Waals surface area contributed by atoms with Gasteiger partial charge < -0.3 is 15.1 Å². The van der Waals surface area contributed by atoms with Gasteiger partial charge in [-0.25, -0.2) is 0 Å². The molecule has 1 unspecified atom stereocenters. The maximum atomic E-state index is 10.4. The molecule has 1 fully saturated rings. The van der Waals surface area contributed by atoms with Gasteiger partial charge in [-0.15, -0.1) is 10.2 Å². The number of hydrogen-bond donors (Lipinski definition) is 2. The molecule has 2 N–H and O–H groups in total. The first-order chi connectivity index (χ1) is 14.1. The summed E-state index contributed by atoms with van der Waals surface area (Å²) in [5, 5.41) is 38.7. The first-order valence-electron chi connectivity index (χ1n) is 9.95. The van der Waals surface area contributed by atoms with Gasteiger partial charge in [0, 0.05) is 24.0 Å². The summed E-state index contributed by atoms with van der Waals surface area (Å²) in [7, 11) is 0. The topological polar surface area (TPSA) is 93.3 Å². The van der Waals surface area contributed by atoms with E-state index in [1.807, 2.05) is 19.1 Å². The molecular formula is C23H24N4O2. The van der Waals surface area contributed by atoms with Crippen molar-refractivity contribution < 1.29 is 10.2 Å². The van der Waals surface area contributed by atoms with Gasteiger partial charge in [0.15, 0.2) is 0 Å². The third-order valence-electron chi connectivity index (χ3n) is 5.82. The van der Waals surface area contributed by atoms with Crippen LogP contribution in [0.3, 0.4) is 0 Å². The number of aromatic nitrogens is 2. The second-order valence-electron chi connectivity index (χ2n) is 7.62. The lowest BCUT2D eigenvalue weighted by atomic mass is 9.88. The maximum Gasteiger partial charge on any atom is 0.126 e. The number of benzene rings is 2. The molecule has 0 radical (unpaired) electrons. The van der Waals surface area contributed by atoms with E-state index in [4.69, 9.17) is 5.26 Å². The fourth-order valence-electron chi connectivity index (χ4n) is 4.32. The van der Waals surface area contributed by atoms with Gasteiger partial charge in [-0.05, 0) is 61.6 Å². The smallest absolute Gasteiger partial charge is 0.126 e. The molecule has 2 heterocycles. The zero-order chi connectivity index (χ0) is 20.4. The number of likely N-dealkylation sites (tertiary alicyclic amines) is 1. The van der Waals surface area contributed by atoms with Gasteiger partial charge in [0.1, 0.15) is 11.4 Å². The molecular weight excluding hydrogens is 364 g/mol. The SMILES string of the molecule is Cc1c(-c2ccc(C#N)cc2O)nnc2c(C3CCCN(CCO)C3)cccc12. The summed E-state index contributed by atoms with van der Waals surface area (Å²) in [6.07, 6.45) is 2.20. The van der Waals surface area contributed by atoms with Gasteiger partial charge in [-0.2, -0.15) is 5.26 Å². The number of nitrogens with zero attached hydrogens (tertiary/aromatic N) is 4.